The highest BCUT2D eigenvalue weighted by Gasteiger charge is 2.37. The van der Waals surface area contributed by atoms with E-state index in [2.05, 4.69) is 12.8 Å². The van der Waals surface area contributed by atoms with Gasteiger partial charge in [0.25, 0.3) is 0 Å². The summed E-state index contributed by atoms with van der Waals surface area (Å²) in [5.41, 5.74) is 0. The van der Waals surface area contributed by atoms with Crippen molar-refractivity contribution in [2.75, 3.05) is 0 Å². The molecule has 1 fully saturated rings. The topological polar surface area (TPSA) is 20.2 Å². The standard InChI is InChI=1S/C9H14O/c1-3-4-5-9(10)8-6-7(8)2/h1,7-10H,4-6H2,2H3. The molecule has 1 saturated carbocycles. The number of hydrogen-bond donors (Lipinski definition) is 1. The molecule has 0 heterocycles. The second-order valence-corrected chi connectivity index (χ2v) is 3.19. The number of terminal acetylenes is 1. The van der Waals surface area contributed by atoms with Gasteiger partial charge in [-0.1, -0.05) is 6.92 Å². The van der Waals surface area contributed by atoms with E-state index >= 15 is 0 Å². The smallest absolute Gasteiger partial charge is 0.0580 e. The Balaban J connectivity index is 2.11. The van der Waals surface area contributed by atoms with Crippen LogP contribution in [0.5, 0.6) is 0 Å². The third kappa shape index (κ3) is 1.75. The molecule has 1 heteroatoms. The predicted octanol–water partition coefficient (Wildman–Crippen LogP) is 1.42. The zero-order valence-electron chi connectivity index (χ0n) is 6.38. The molecule has 1 rings (SSSR count). The van der Waals surface area contributed by atoms with Crippen LogP contribution in [0.4, 0.5) is 0 Å². The first-order chi connectivity index (χ1) is 4.75. The van der Waals surface area contributed by atoms with Gasteiger partial charge in [0, 0.05) is 6.42 Å². The Kier molecular flexibility index (Phi) is 2.34. The average Bonchev–Trinajstić information content (AvgIpc) is 2.62. The minimum Gasteiger partial charge on any atom is -0.393 e. The molecule has 0 saturated heterocycles. The average molecular weight is 138 g/mol. The van der Waals surface area contributed by atoms with Gasteiger partial charge >= 0.3 is 0 Å². The van der Waals surface area contributed by atoms with E-state index in [0.717, 1.165) is 12.3 Å². The first-order valence-corrected chi connectivity index (χ1v) is 3.87. The van der Waals surface area contributed by atoms with Gasteiger partial charge in [-0.2, -0.15) is 0 Å². The van der Waals surface area contributed by atoms with Crippen LogP contribution in [0, 0.1) is 24.2 Å². The summed E-state index contributed by atoms with van der Waals surface area (Å²) in [5.74, 6) is 3.81. The maximum Gasteiger partial charge on any atom is 0.0580 e. The molecule has 1 aliphatic rings. The lowest BCUT2D eigenvalue weighted by atomic mass is 10.1. The molecule has 10 heavy (non-hydrogen) atoms. The van der Waals surface area contributed by atoms with Crippen molar-refractivity contribution in [1.82, 2.24) is 0 Å². The number of rotatable bonds is 3. The summed E-state index contributed by atoms with van der Waals surface area (Å²) in [6.07, 6.45) is 7.62. The van der Waals surface area contributed by atoms with E-state index < -0.39 is 0 Å². The number of aliphatic hydroxyl groups excluding tert-OH is 1. The van der Waals surface area contributed by atoms with Crippen LogP contribution in [0.15, 0.2) is 0 Å². The van der Waals surface area contributed by atoms with Gasteiger partial charge in [-0.15, -0.1) is 12.3 Å². The molecular formula is C9H14O. The number of hydrogen-bond acceptors (Lipinski definition) is 1. The molecule has 1 N–H and O–H groups in total. The van der Waals surface area contributed by atoms with Gasteiger partial charge in [0.15, 0.2) is 0 Å². The van der Waals surface area contributed by atoms with Crippen LogP contribution < -0.4 is 0 Å². The van der Waals surface area contributed by atoms with Crippen molar-refractivity contribution in [3.05, 3.63) is 0 Å². The van der Waals surface area contributed by atoms with Crippen LogP contribution in [-0.4, -0.2) is 11.2 Å². The first kappa shape index (κ1) is 7.63. The fourth-order valence-corrected chi connectivity index (χ4v) is 1.33. The van der Waals surface area contributed by atoms with E-state index in [1.807, 2.05) is 0 Å². The molecule has 1 aliphatic carbocycles. The Hall–Kier alpha value is -0.480. The van der Waals surface area contributed by atoms with E-state index in [0.29, 0.717) is 12.3 Å². The van der Waals surface area contributed by atoms with Crippen molar-refractivity contribution in [3.8, 4) is 12.3 Å². The quantitative estimate of drug-likeness (QED) is 0.585. The molecular weight excluding hydrogens is 124 g/mol. The van der Waals surface area contributed by atoms with Crippen molar-refractivity contribution in [2.45, 2.75) is 32.3 Å². The first-order valence-electron chi connectivity index (χ1n) is 3.87. The van der Waals surface area contributed by atoms with Crippen LogP contribution >= 0.6 is 0 Å². The van der Waals surface area contributed by atoms with Gasteiger partial charge in [-0.3, -0.25) is 0 Å². The number of aliphatic hydroxyl groups is 1. The lowest BCUT2D eigenvalue weighted by Gasteiger charge is -2.05. The van der Waals surface area contributed by atoms with Crippen LogP contribution in [0.1, 0.15) is 26.2 Å². The molecule has 3 unspecified atom stereocenters. The fraction of sp³-hybridized carbons (Fsp3) is 0.778. The van der Waals surface area contributed by atoms with E-state index in [1.165, 1.54) is 6.42 Å². The lowest BCUT2D eigenvalue weighted by molar-refractivity contribution is 0.138. The Labute approximate surface area is 62.4 Å². The Morgan fingerprint density at radius 2 is 2.40 bits per heavy atom. The van der Waals surface area contributed by atoms with Crippen molar-refractivity contribution < 1.29 is 5.11 Å². The molecule has 0 aliphatic heterocycles. The van der Waals surface area contributed by atoms with Crippen molar-refractivity contribution >= 4 is 0 Å². The zero-order chi connectivity index (χ0) is 7.56. The maximum atomic E-state index is 9.39. The highest BCUT2D eigenvalue weighted by molar-refractivity contribution is 4.91. The molecule has 1 nitrogen and oxygen atoms in total. The highest BCUT2D eigenvalue weighted by Crippen LogP contribution is 2.41. The molecule has 0 bridgehead atoms. The minimum absolute atomic E-state index is 0.133. The van der Waals surface area contributed by atoms with Crippen LogP contribution in [0.2, 0.25) is 0 Å². The van der Waals surface area contributed by atoms with Gasteiger partial charge in [0.1, 0.15) is 0 Å². The minimum atomic E-state index is -0.133. The van der Waals surface area contributed by atoms with E-state index in [9.17, 15) is 5.11 Å². The molecule has 0 aromatic heterocycles. The van der Waals surface area contributed by atoms with Gasteiger partial charge in [0.2, 0.25) is 0 Å². The van der Waals surface area contributed by atoms with Crippen molar-refractivity contribution in [2.24, 2.45) is 11.8 Å². The summed E-state index contributed by atoms with van der Waals surface area (Å²) in [4.78, 5) is 0. The molecule has 0 aromatic carbocycles. The second-order valence-electron chi connectivity index (χ2n) is 3.19. The van der Waals surface area contributed by atoms with Crippen LogP contribution in [-0.2, 0) is 0 Å². The molecule has 0 spiro atoms. The van der Waals surface area contributed by atoms with Gasteiger partial charge in [-0.05, 0) is 24.7 Å². The SMILES string of the molecule is C#CCCC(O)C1CC1C. The summed E-state index contributed by atoms with van der Waals surface area (Å²) < 4.78 is 0. The Morgan fingerprint density at radius 3 is 2.80 bits per heavy atom. The van der Waals surface area contributed by atoms with Crippen molar-refractivity contribution in [3.63, 3.8) is 0 Å². The molecule has 0 amide bonds. The summed E-state index contributed by atoms with van der Waals surface area (Å²) in [5, 5.41) is 9.39. The highest BCUT2D eigenvalue weighted by atomic mass is 16.3. The third-order valence-corrected chi connectivity index (χ3v) is 2.25. The van der Waals surface area contributed by atoms with Crippen LogP contribution in [0.3, 0.4) is 0 Å². The molecule has 0 aromatic rings. The van der Waals surface area contributed by atoms with E-state index in [-0.39, 0.29) is 6.10 Å². The van der Waals surface area contributed by atoms with E-state index in [4.69, 9.17) is 6.42 Å². The predicted molar refractivity (Wildman–Crippen MR) is 41.3 cm³/mol. The summed E-state index contributed by atoms with van der Waals surface area (Å²) >= 11 is 0. The summed E-state index contributed by atoms with van der Waals surface area (Å²) in [6.45, 7) is 2.17. The molecule has 56 valence electrons. The normalized spacial score (nSPS) is 32.9. The lowest BCUT2D eigenvalue weighted by Crippen LogP contribution is -2.09. The second kappa shape index (κ2) is 3.07. The Bertz CT molecular complexity index is 145. The van der Waals surface area contributed by atoms with Gasteiger partial charge in [0.05, 0.1) is 6.10 Å². The maximum absolute atomic E-state index is 9.39. The molecule has 0 radical (unpaired) electrons. The summed E-state index contributed by atoms with van der Waals surface area (Å²) in [7, 11) is 0. The Morgan fingerprint density at radius 1 is 1.80 bits per heavy atom. The van der Waals surface area contributed by atoms with E-state index in [1.54, 1.807) is 0 Å². The summed E-state index contributed by atoms with van der Waals surface area (Å²) in [6, 6.07) is 0. The monoisotopic (exact) mass is 138 g/mol. The third-order valence-electron chi connectivity index (χ3n) is 2.25. The largest absolute Gasteiger partial charge is 0.393 e. The van der Waals surface area contributed by atoms with Gasteiger partial charge < -0.3 is 5.11 Å². The fourth-order valence-electron chi connectivity index (χ4n) is 1.33. The van der Waals surface area contributed by atoms with Gasteiger partial charge in [-0.25, -0.2) is 0 Å². The zero-order valence-corrected chi connectivity index (χ0v) is 6.38. The van der Waals surface area contributed by atoms with Crippen LogP contribution in [0.25, 0.3) is 0 Å². The molecule has 3 atom stereocenters. The van der Waals surface area contributed by atoms with Crippen molar-refractivity contribution in [1.29, 1.82) is 0 Å².